The van der Waals surface area contributed by atoms with E-state index >= 15 is 0 Å². The monoisotopic (exact) mass is 207 g/mol. The van der Waals surface area contributed by atoms with E-state index < -0.39 is 0 Å². The van der Waals surface area contributed by atoms with Crippen LogP contribution in [0.4, 0.5) is 0 Å². The minimum Gasteiger partial charge on any atom is -0.469 e. The molecule has 15 heavy (non-hydrogen) atoms. The Morgan fingerprint density at radius 2 is 2.07 bits per heavy atom. The molecule has 1 heterocycles. The molecule has 1 aromatic heterocycles. The molecule has 0 aromatic carbocycles. The van der Waals surface area contributed by atoms with Crippen LogP contribution in [0, 0.1) is 6.92 Å². The predicted molar refractivity (Wildman–Crippen MR) is 54.6 cm³/mol. The molecule has 0 aliphatic carbocycles. The number of hydrogen-bond donors (Lipinski definition) is 0. The Balaban J connectivity index is 2.54. The predicted octanol–water partition coefficient (Wildman–Crippen LogP) is 1.53. The zero-order valence-electron chi connectivity index (χ0n) is 8.82. The summed E-state index contributed by atoms with van der Waals surface area (Å²) in [6.45, 7) is 1.85. The molecular formula is C11H13NO3. The van der Waals surface area contributed by atoms with E-state index in [-0.39, 0.29) is 24.6 Å². The third-order valence-corrected chi connectivity index (χ3v) is 2.02. The van der Waals surface area contributed by atoms with Gasteiger partial charge in [0, 0.05) is 23.9 Å². The normalized spacial score (nSPS) is 9.73. The van der Waals surface area contributed by atoms with E-state index in [4.69, 9.17) is 0 Å². The van der Waals surface area contributed by atoms with Gasteiger partial charge in [0.25, 0.3) is 0 Å². The van der Waals surface area contributed by atoms with Gasteiger partial charge in [-0.25, -0.2) is 0 Å². The summed E-state index contributed by atoms with van der Waals surface area (Å²) in [5.41, 5.74) is 1.39. The van der Waals surface area contributed by atoms with Gasteiger partial charge >= 0.3 is 5.97 Å². The van der Waals surface area contributed by atoms with Gasteiger partial charge in [0.1, 0.15) is 0 Å². The number of esters is 1. The SMILES string of the molecule is COC(=O)CCC(=O)c1ccc(C)nc1. The van der Waals surface area contributed by atoms with Crippen molar-refractivity contribution in [2.75, 3.05) is 7.11 Å². The highest BCUT2D eigenvalue weighted by Crippen LogP contribution is 2.05. The average molecular weight is 207 g/mol. The van der Waals surface area contributed by atoms with Crippen LogP contribution in [0.3, 0.4) is 0 Å². The van der Waals surface area contributed by atoms with Crippen molar-refractivity contribution in [2.45, 2.75) is 19.8 Å². The smallest absolute Gasteiger partial charge is 0.305 e. The number of hydrogen-bond acceptors (Lipinski definition) is 4. The van der Waals surface area contributed by atoms with E-state index in [1.807, 2.05) is 6.92 Å². The van der Waals surface area contributed by atoms with Gasteiger partial charge in [-0.15, -0.1) is 0 Å². The first-order valence-electron chi connectivity index (χ1n) is 4.66. The molecule has 0 atom stereocenters. The van der Waals surface area contributed by atoms with Crippen LogP contribution in [0.1, 0.15) is 28.9 Å². The molecule has 0 saturated carbocycles. The van der Waals surface area contributed by atoms with E-state index in [0.717, 1.165) is 5.69 Å². The minimum atomic E-state index is -0.372. The topological polar surface area (TPSA) is 56.3 Å². The first kappa shape index (κ1) is 11.4. The molecular weight excluding hydrogens is 194 g/mol. The van der Waals surface area contributed by atoms with Gasteiger partial charge in [-0.3, -0.25) is 14.6 Å². The van der Waals surface area contributed by atoms with Crippen molar-refractivity contribution >= 4 is 11.8 Å². The van der Waals surface area contributed by atoms with Crippen LogP contribution < -0.4 is 0 Å². The molecule has 0 N–H and O–H groups in total. The van der Waals surface area contributed by atoms with Crippen molar-refractivity contribution in [3.05, 3.63) is 29.6 Å². The molecule has 0 spiro atoms. The number of ketones is 1. The standard InChI is InChI=1S/C11H13NO3/c1-8-3-4-9(7-12-8)10(13)5-6-11(14)15-2/h3-4,7H,5-6H2,1-2H3. The molecule has 4 heteroatoms. The Morgan fingerprint density at radius 1 is 1.33 bits per heavy atom. The molecule has 0 radical (unpaired) electrons. The highest BCUT2D eigenvalue weighted by molar-refractivity contribution is 5.97. The number of carbonyl (C=O) groups excluding carboxylic acids is 2. The highest BCUT2D eigenvalue weighted by atomic mass is 16.5. The van der Waals surface area contributed by atoms with E-state index in [0.29, 0.717) is 5.56 Å². The lowest BCUT2D eigenvalue weighted by molar-refractivity contribution is -0.140. The summed E-state index contributed by atoms with van der Waals surface area (Å²) in [6, 6.07) is 3.48. The quantitative estimate of drug-likeness (QED) is 0.555. The number of methoxy groups -OCH3 is 1. The number of aryl methyl sites for hydroxylation is 1. The van der Waals surface area contributed by atoms with E-state index in [1.165, 1.54) is 13.3 Å². The third kappa shape index (κ3) is 3.50. The van der Waals surface area contributed by atoms with Crippen LogP contribution in [-0.4, -0.2) is 23.8 Å². The summed E-state index contributed by atoms with van der Waals surface area (Å²) in [7, 11) is 1.31. The van der Waals surface area contributed by atoms with Gasteiger partial charge in [0.05, 0.1) is 13.5 Å². The average Bonchev–Trinajstić information content (AvgIpc) is 2.26. The molecule has 1 rings (SSSR count). The van der Waals surface area contributed by atoms with Gasteiger partial charge in [-0.1, -0.05) is 0 Å². The summed E-state index contributed by atoms with van der Waals surface area (Å²) < 4.78 is 4.45. The number of rotatable bonds is 4. The molecule has 1 aromatic rings. The molecule has 0 bridgehead atoms. The Labute approximate surface area is 88.3 Å². The number of ether oxygens (including phenoxy) is 1. The van der Waals surface area contributed by atoms with E-state index in [2.05, 4.69) is 9.72 Å². The fraction of sp³-hybridized carbons (Fsp3) is 0.364. The van der Waals surface area contributed by atoms with Crippen molar-refractivity contribution in [1.82, 2.24) is 4.98 Å². The van der Waals surface area contributed by atoms with Crippen molar-refractivity contribution in [3.63, 3.8) is 0 Å². The molecule has 0 unspecified atom stereocenters. The summed E-state index contributed by atoms with van der Waals surface area (Å²) in [6.07, 6.45) is 1.80. The molecule has 0 fully saturated rings. The van der Waals surface area contributed by atoms with Crippen molar-refractivity contribution in [3.8, 4) is 0 Å². The van der Waals surface area contributed by atoms with Gasteiger partial charge in [-0.2, -0.15) is 0 Å². The Morgan fingerprint density at radius 3 is 2.60 bits per heavy atom. The summed E-state index contributed by atoms with van der Waals surface area (Å²) in [5, 5.41) is 0. The van der Waals surface area contributed by atoms with Crippen LogP contribution in [0.2, 0.25) is 0 Å². The van der Waals surface area contributed by atoms with Crippen LogP contribution in [0.15, 0.2) is 18.3 Å². The second-order valence-corrected chi connectivity index (χ2v) is 3.19. The molecule has 0 amide bonds. The number of carbonyl (C=O) groups is 2. The maximum atomic E-state index is 11.5. The lowest BCUT2D eigenvalue weighted by atomic mass is 10.1. The first-order valence-corrected chi connectivity index (χ1v) is 4.66. The van der Waals surface area contributed by atoms with Gasteiger partial charge in [-0.05, 0) is 19.1 Å². The number of pyridine rings is 1. The van der Waals surface area contributed by atoms with Gasteiger partial charge < -0.3 is 4.74 Å². The summed E-state index contributed by atoms with van der Waals surface area (Å²) in [5.74, 6) is -0.462. The molecule has 0 saturated heterocycles. The Kier molecular flexibility index (Phi) is 3.97. The van der Waals surface area contributed by atoms with Crippen LogP contribution >= 0.6 is 0 Å². The molecule has 4 nitrogen and oxygen atoms in total. The lowest BCUT2D eigenvalue weighted by Crippen LogP contribution is -2.06. The fourth-order valence-electron chi connectivity index (χ4n) is 1.09. The summed E-state index contributed by atoms with van der Waals surface area (Å²) >= 11 is 0. The van der Waals surface area contributed by atoms with Crippen molar-refractivity contribution < 1.29 is 14.3 Å². The van der Waals surface area contributed by atoms with E-state index in [9.17, 15) is 9.59 Å². The lowest BCUT2D eigenvalue weighted by Gasteiger charge is -2.00. The van der Waals surface area contributed by atoms with Crippen molar-refractivity contribution in [2.24, 2.45) is 0 Å². The number of aromatic nitrogens is 1. The maximum absolute atomic E-state index is 11.5. The minimum absolute atomic E-state index is 0.0899. The second kappa shape index (κ2) is 5.24. The second-order valence-electron chi connectivity index (χ2n) is 3.19. The molecule has 0 aliphatic rings. The Hall–Kier alpha value is -1.71. The Bertz CT molecular complexity index is 357. The van der Waals surface area contributed by atoms with E-state index in [1.54, 1.807) is 12.1 Å². The maximum Gasteiger partial charge on any atom is 0.305 e. The fourth-order valence-corrected chi connectivity index (χ4v) is 1.09. The number of nitrogens with zero attached hydrogens (tertiary/aromatic N) is 1. The van der Waals surface area contributed by atoms with Crippen LogP contribution in [0.25, 0.3) is 0 Å². The first-order chi connectivity index (χ1) is 7.13. The third-order valence-electron chi connectivity index (χ3n) is 2.02. The van der Waals surface area contributed by atoms with Crippen LogP contribution in [0.5, 0.6) is 0 Å². The zero-order valence-corrected chi connectivity index (χ0v) is 8.82. The highest BCUT2D eigenvalue weighted by Gasteiger charge is 2.09. The molecule has 0 aliphatic heterocycles. The van der Waals surface area contributed by atoms with Gasteiger partial charge in [0.15, 0.2) is 5.78 Å². The summed E-state index contributed by atoms with van der Waals surface area (Å²) in [4.78, 5) is 26.4. The largest absolute Gasteiger partial charge is 0.469 e. The zero-order chi connectivity index (χ0) is 11.3. The van der Waals surface area contributed by atoms with Crippen LogP contribution in [-0.2, 0) is 9.53 Å². The number of Topliss-reactive ketones (excluding diaryl/α,β-unsaturated/α-hetero) is 1. The van der Waals surface area contributed by atoms with Gasteiger partial charge in [0.2, 0.25) is 0 Å². The molecule has 80 valence electrons. The van der Waals surface area contributed by atoms with Crippen molar-refractivity contribution in [1.29, 1.82) is 0 Å².